The van der Waals surface area contributed by atoms with Crippen molar-refractivity contribution in [1.29, 1.82) is 0 Å². The zero-order valence-corrected chi connectivity index (χ0v) is 15.8. The number of hydrogen-bond donors (Lipinski definition) is 2. The molecule has 1 aromatic heterocycles. The van der Waals surface area contributed by atoms with Crippen molar-refractivity contribution < 1.29 is 24.1 Å². The van der Waals surface area contributed by atoms with Crippen LogP contribution in [0.5, 0.6) is 5.75 Å². The Morgan fingerprint density at radius 3 is 2.62 bits per heavy atom. The average Bonchev–Trinajstić information content (AvgIpc) is 3.30. The lowest BCUT2D eigenvalue weighted by molar-refractivity contribution is 0.0121. The largest absolute Gasteiger partial charge is 0.487 e. The minimum Gasteiger partial charge on any atom is -0.487 e. The fourth-order valence-corrected chi connectivity index (χ4v) is 4.46. The first-order chi connectivity index (χ1) is 13.9. The second kappa shape index (κ2) is 7.96. The first-order valence-electron chi connectivity index (χ1n) is 9.74. The summed E-state index contributed by atoms with van der Waals surface area (Å²) in [5.74, 6) is -1.25. The van der Waals surface area contributed by atoms with Gasteiger partial charge in [-0.15, -0.1) is 0 Å². The van der Waals surface area contributed by atoms with E-state index in [1.165, 1.54) is 41.1 Å². The molecule has 2 aromatic rings. The summed E-state index contributed by atoms with van der Waals surface area (Å²) in [4.78, 5) is 26.0. The molecule has 1 aliphatic carbocycles. The second-order valence-electron chi connectivity index (χ2n) is 7.61. The fourth-order valence-electron chi connectivity index (χ4n) is 4.46. The Bertz CT molecular complexity index is 956. The third-order valence-electron chi connectivity index (χ3n) is 5.79. The predicted octanol–water partition coefficient (Wildman–Crippen LogP) is 1.90. The maximum absolute atomic E-state index is 13.5. The van der Waals surface area contributed by atoms with Gasteiger partial charge in [0.1, 0.15) is 23.8 Å². The van der Waals surface area contributed by atoms with E-state index in [1.54, 1.807) is 6.07 Å². The molecule has 1 aliphatic heterocycles. The Morgan fingerprint density at radius 2 is 1.93 bits per heavy atom. The third kappa shape index (κ3) is 3.90. The van der Waals surface area contributed by atoms with Crippen LogP contribution in [0.15, 0.2) is 47.4 Å². The molecule has 0 radical (unpaired) electrons. The van der Waals surface area contributed by atoms with Gasteiger partial charge in [-0.25, -0.2) is 9.18 Å². The van der Waals surface area contributed by atoms with Crippen molar-refractivity contribution in [3.8, 4) is 5.75 Å². The number of nitrogens with zero attached hydrogens (tertiary/aromatic N) is 2. The Balaban J connectivity index is 1.68. The summed E-state index contributed by atoms with van der Waals surface area (Å²) in [6.07, 6.45) is 2.08. The first-order valence-corrected chi connectivity index (χ1v) is 9.74. The summed E-state index contributed by atoms with van der Waals surface area (Å²) in [6.45, 7) is 1.58. The highest BCUT2D eigenvalue weighted by atomic mass is 19.1. The van der Waals surface area contributed by atoms with Gasteiger partial charge in [-0.3, -0.25) is 9.69 Å². The van der Waals surface area contributed by atoms with E-state index >= 15 is 0 Å². The van der Waals surface area contributed by atoms with Gasteiger partial charge in [0.25, 0.3) is 5.56 Å². The highest BCUT2D eigenvalue weighted by molar-refractivity contribution is 5.87. The van der Waals surface area contributed by atoms with Crippen LogP contribution in [0.25, 0.3) is 0 Å². The Morgan fingerprint density at radius 1 is 1.17 bits per heavy atom. The van der Waals surface area contributed by atoms with Crippen LogP contribution < -0.4 is 10.3 Å². The number of aromatic carboxylic acids is 1. The molecule has 4 atom stereocenters. The number of ether oxygens (including phenoxy) is 1. The minimum absolute atomic E-state index is 0.00811. The van der Waals surface area contributed by atoms with Crippen LogP contribution in [-0.2, 0) is 0 Å². The number of carboxylic acids is 1. The van der Waals surface area contributed by atoms with Crippen molar-refractivity contribution in [2.24, 2.45) is 0 Å². The highest BCUT2D eigenvalue weighted by Crippen LogP contribution is 2.37. The van der Waals surface area contributed by atoms with E-state index in [4.69, 9.17) is 4.74 Å². The molecule has 0 amide bonds. The molecular weight excluding hydrogens is 379 g/mol. The average molecular weight is 402 g/mol. The van der Waals surface area contributed by atoms with Crippen molar-refractivity contribution in [3.63, 3.8) is 0 Å². The standard InChI is InChI=1S/C21H23FN2O5/c22-14-4-3-5-15(10-14)29-17-11-16(19(20(17)26)23-8-1-2-9-23)24-12-13(21(27)28)6-7-18(24)25/h3-7,10,12,16-17,19-20,26H,1-2,8-9,11H2,(H,27,28)/t16-,17-,19+,20+/m1/s1. The van der Waals surface area contributed by atoms with Gasteiger partial charge < -0.3 is 19.5 Å². The van der Waals surface area contributed by atoms with Gasteiger partial charge in [-0.1, -0.05) is 6.07 Å². The summed E-state index contributed by atoms with van der Waals surface area (Å²) in [5.41, 5.74) is -0.323. The van der Waals surface area contributed by atoms with Gasteiger partial charge in [0.2, 0.25) is 0 Å². The van der Waals surface area contributed by atoms with Crippen molar-refractivity contribution in [2.45, 2.75) is 43.6 Å². The third-order valence-corrected chi connectivity index (χ3v) is 5.79. The van der Waals surface area contributed by atoms with Crippen molar-refractivity contribution in [2.75, 3.05) is 13.1 Å². The number of aromatic nitrogens is 1. The summed E-state index contributed by atoms with van der Waals surface area (Å²) in [5, 5.41) is 20.4. The van der Waals surface area contributed by atoms with Crippen molar-refractivity contribution in [1.82, 2.24) is 9.47 Å². The number of rotatable bonds is 5. The van der Waals surface area contributed by atoms with Crippen molar-refractivity contribution >= 4 is 5.97 Å². The Kier molecular flexibility index (Phi) is 5.38. The molecule has 1 saturated heterocycles. The molecule has 0 unspecified atom stereocenters. The molecule has 1 saturated carbocycles. The SMILES string of the molecule is O=C(O)c1ccc(=O)n([C@@H]2C[C@@H](Oc3cccc(F)c3)[C@H](O)[C@H]2N2CCCC2)c1. The molecule has 2 heterocycles. The normalized spacial score (nSPS) is 27.2. The zero-order valence-electron chi connectivity index (χ0n) is 15.8. The molecule has 0 spiro atoms. The smallest absolute Gasteiger partial charge is 0.337 e. The van der Waals surface area contributed by atoms with Crippen LogP contribution in [0, 0.1) is 5.82 Å². The van der Waals surface area contributed by atoms with Gasteiger partial charge in [-0.2, -0.15) is 0 Å². The molecule has 1 aromatic carbocycles. The molecule has 7 nitrogen and oxygen atoms in total. The van der Waals surface area contributed by atoms with Crippen LogP contribution in [0.1, 0.15) is 35.7 Å². The molecule has 2 N–H and O–H groups in total. The zero-order chi connectivity index (χ0) is 20.5. The molecule has 29 heavy (non-hydrogen) atoms. The monoisotopic (exact) mass is 402 g/mol. The summed E-state index contributed by atoms with van der Waals surface area (Å²) < 4.78 is 20.8. The number of pyridine rings is 1. The van der Waals surface area contributed by atoms with Crippen LogP contribution in [0.4, 0.5) is 4.39 Å². The summed E-state index contributed by atoms with van der Waals surface area (Å²) in [7, 11) is 0. The number of likely N-dealkylation sites (tertiary alicyclic amines) is 1. The first kappa shape index (κ1) is 19.6. The summed E-state index contributed by atoms with van der Waals surface area (Å²) >= 11 is 0. The van der Waals surface area contributed by atoms with Crippen LogP contribution >= 0.6 is 0 Å². The topological polar surface area (TPSA) is 92.0 Å². The highest BCUT2D eigenvalue weighted by Gasteiger charge is 2.48. The Hall–Kier alpha value is -2.71. The van der Waals surface area contributed by atoms with E-state index in [0.717, 1.165) is 25.9 Å². The lowest BCUT2D eigenvalue weighted by Crippen LogP contribution is -2.47. The van der Waals surface area contributed by atoms with Crippen LogP contribution in [-0.4, -0.2) is 57.0 Å². The molecule has 2 fully saturated rings. The van der Waals surface area contributed by atoms with E-state index in [1.807, 2.05) is 0 Å². The predicted molar refractivity (Wildman–Crippen MR) is 103 cm³/mol. The van der Waals surface area contributed by atoms with E-state index in [-0.39, 0.29) is 11.1 Å². The van der Waals surface area contributed by atoms with Gasteiger partial charge in [0, 0.05) is 24.8 Å². The van der Waals surface area contributed by atoms with Gasteiger partial charge in [0.05, 0.1) is 17.6 Å². The summed E-state index contributed by atoms with van der Waals surface area (Å²) in [6, 6.07) is 7.38. The van der Waals surface area contributed by atoms with Crippen molar-refractivity contribution in [3.05, 3.63) is 64.3 Å². The molecule has 154 valence electrons. The number of carbonyl (C=O) groups is 1. The maximum Gasteiger partial charge on any atom is 0.337 e. The molecular formula is C21H23FN2O5. The van der Waals surface area contributed by atoms with Crippen LogP contribution in [0.3, 0.4) is 0 Å². The number of benzene rings is 1. The van der Waals surface area contributed by atoms with E-state index in [0.29, 0.717) is 12.2 Å². The van der Waals surface area contributed by atoms with Gasteiger partial charge in [0.15, 0.2) is 0 Å². The number of hydrogen-bond acceptors (Lipinski definition) is 5. The molecule has 8 heteroatoms. The number of aliphatic hydroxyl groups excluding tert-OH is 1. The molecule has 0 bridgehead atoms. The maximum atomic E-state index is 13.5. The van der Waals surface area contributed by atoms with Gasteiger partial charge >= 0.3 is 5.97 Å². The molecule has 2 aliphatic rings. The van der Waals surface area contributed by atoms with E-state index in [9.17, 15) is 24.2 Å². The van der Waals surface area contributed by atoms with Crippen LogP contribution in [0.2, 0.25) is 0 Å². The fraction of sp³-hybridized carbons (Fsp3) is 0.429. The second-order valence-corrected chi connectivity index (χ2v) is 7.61. The lowest BCUT2D eigenvalue weighted by atomic mass is 10.1. The number of aliphatic hydroxyl groups is 1. The quantitative estimate of drug-likeness (QED) is 0.794. The van der Waals surface area contributed by atoms with E-state index < -0.39 is 36.1 Å². The lowest BCUT2D eigenvalue weighted by Gasteiger charge is -2.32. The molecule has 4 rings (SSSR count). The van der Waals surface area contributed by atoms with Gasteiger partial charge in [-0.05, 0) is 44.1 Å². The Labute approximate surface area is 167 Å². The van der Waals surface area contributed by atoms with E-state index in [2.05, 4.69) is 4.90 Å². The minimum atomic E-state index is -1.12. The number of carboxylic acid groups (broad SMARTS) is 1. The number of halogens is 1.